The molecule has 2 aromatic rings. The van der Waals surface area contributed by atoms with Gasteiger partial charge in [0, 0.05) is 17.4 Å². The Morgan fingerprint density at radius 2 is 1.54 bits per heavy atom. The molecule has 0 saturated heterocycles. The normalized spacial score (nSPS) is 12.4. The third kappa shape index (κ3) is 5.72. The van der Waals surface area contributed by atoms with Crippen LogP contribution in [0.15, 0.2) is 24.3 Å². The van der Waals surface area contributed by atoms with Crippen molar-refractivity contribution in [2.75, 3.05) is 34.5 Å². The van der Waals surface area contributed by atoms with Crippen LogP contribution in [0.25, 0.3) is 10.8 Å². The highest BCUT2D eigenvalue weighted by atomic mass is 16.5. The fourth-order valence-electron chi connectivity index (χ4n) is 4.06. The summed E-state index contributed by atoms with van der Waals surface area (Å²) in [6, 6.07) is 7.00. The van der Waals surface area contributed by atoms with Crippen LogP contribution in [0.1, 0.15) is 39.2 Å². The van der Waals surface area contributed by atoms with Crippen molar-refractivity contribution in [3.63, 3.8) is 0 Å². The van der Waals surface area contributed by atoms with E-state index in [0.717, 1.165) is 0 Å². The summed E-state index contributed by atoms with van der Waals surface area (Å²) in [6.07, 6.45) is -0.654. The second-order valence-corrected chi connectivity index (χ2v) is 7.88. The minimum absolute atomic E-state index is 0.0250. The fraction of sp³-hybridized carbons (Fsp3) is 0.462. The lowest BCUT2D eigenvalue weighted by Gasteiger charge is -2.30. The molecule has 0 heterocycles. The number of benzene rings is 2. The van der Waals surface area contributed by atoms with Crippen LogP contribution in [-0.4, -0.2) is 58.0 Å². The Labute approximate surface area is 204 Å². The van der Waals surface area contributed by atoms with Crippen LogP contribution in [0, 0.1) is 5.41 Å². The molecule has 2 rings (SSSR count). The van der Waals surface area contributed by atoms with Gasteiger partial charge in [-0.3, -0.25) is 9.59 Å². The number of esters is 2. The predicted molar refractivity (Wildman–Crippen MR) is 128 cm³/mol. The molecule has 0 aliphatic rings. The second-order valence-electron chi connectivity index (χ2n) is 7.88. The zero-order chi connectivity index (χ0) is 26.2. The SMILES string of the molecule is CCOC(=O)C(=O)C(CCC(C)=O)(Cc1cc(OC)c2cccc(OC)c2c1OC)C(=O)OCC. The van der Waals surface area contributed by atoms with Crippen molar-refractivity contribution < 1.29 is 42.9 Å². The Kier molecular flexibility index (Phi) is 9.62. The van der Waals surface area contributed by atoms with Crippen molar-refractivity contribution in [1.82, 2.24) is 0 Å². The molecular formula is C26H32O9. The lowest BCUT2D eigenvalue weighted by atomic mass is 9.73. The van der Waals surface area contributed by atoms with Gasteiger partial charge in [0.1, 0.15) is 28.4 Å². The number of hydrogen-bond donors (Lipinski definition) is 0. The fourth-order valence-corrected chi connectivity index (χ4v) is 4.06. The zero-order valence-electron chi connectivity index (χ0n) is 21.0. The second kappa shape index (κ2) is 12.2. The molecule has 9 nitrogen and oxygen atoms in total. The molecular weight excluding hydrogens is 456 g/mol. The molecule has 9 heteroatoms. The van der Waals surface area contributed by atoms with Gasteiger partial charge in [-0.25, -0.2) is 4.79 Å². The molecule has 35 heavy (non-hydrogen) atoms. The first-order valence-electron chi connectivity index (χ1n) is 11.3. The number of ether oxygens (including phenoxy) is 5. The monoisotopic (exact) mass is 488 g/mol. The highest BCUT2D eigenvalue weighted by molar-refractivity contribution is 6.40. The number of carbonyl (C=O) groups excluding carboxylic acids is 4. The van der Waals surface area contributed by atoms with Crippen molar-refractivity contribution in [1.29, 1.82) is 0 Å². The minimum atomic E-state index is -2.01. The van der Waals surface area contributed by atoms with Crippen molar-refractivity contribution in [3.8, 4) is 17.2 Å². The number of carbonyl (C=O) groups is 4. The largest absolute Gasteiger partial charge is 0.496 e. The minimum Gasteiger partial charge on any atom is -0.496 e. The first-order valence-corrected chi connectivity index (χ1v) is 11.3. The van der Waals surface area contributed by atoms with Crippen molar-refractivity contribution in [3.05, 3.63) is 29.8 Å². The standard InChI is InChI=1S/C26H32O9/c1-7-34-24(29)23(28)26(13-12-16(3)27,25(30)35-8-2)15-17-14-20(32-5)18-10-9-11-19(31-4)21(18)22(17)33-6/h9-11,14H,7-8,12-13,15H2,1-6H3. The third-order valence-corrected chi connectivity index (χ3v) is 5.72. The lowest BCUT2D eigenvalue weighted by molar-refractivity contribution is -0.169. The van der Waals surface area contributed by atoms with Gasteiger partial charge in [0.25, 0.3) is 5.78 Å². The van der Waals surface area contributed by atoms with Crippen molar-refractivity contribution in [2.45, 2.75) is 40.0 Å². The Hall–Kier alpha value is -3.62. The van der Waals surface area contributed by atoms with E-state index < -0.39 is 23.1 Å². The van der Waals surface area contributed by atoms with Gasteiger partial charge >= 0.3 is 11.9 Å². The van der Waals surface area contributed by atoms with Gasteiger partial charge < -0.3 is 28.5 Å². The van der Waals surface area contributed by atoms with E-state index in [0.29, 0.717) is 33.6 Å². The van der Waals surface area contributed by atoms with Gasteiger partial charge in [0.15, 0.2) is 0 Å². The summed E-state index contributed by atoms with van der Waals surface area (Å²) in [7, 11) is 4.45. The summed E-state index contributed by atoms with van der Waals surface area (Å²) < 4.78 is 27.0. The van der Waals surface area contributed by atoms with E-state index in [9.17, 15) is 19.2 Å². The molecule has 1 atom stereocenters. The molecule has 0 spiro atoms. The number of Topliss-reactive ketones (excluding diaryl/α,β-unsaturated/α-hetero) is 2. The van der Waals surface area contributed by atoms with E-state index >= 15 is 0 Å². The number of fused-ring (bicyclic) bond motifs is 1. The molecule has 0 aromatic heterocycles. The average Bonchev–Trinajstić information content (AvgIpc) is 2.85. The molecule has 0 aliphatic heterocycles. The van der Waals surface area contributed by atoms with Crippen molar-refractivity contribution >= 4 is 34.3 Å². The van der Waals surface area contributed by atoms with E-state index in [1.807, 2.05) is 6.07 Å². The number of ketones is 2. The topological polar surface area (TPSA) is 114 Å². The smallest absolute Gasteiger partial charge is 0.375 e. The van der Waals surface area contributed by atoms with Crippen molar-refractivity contribution in [2.24, 2.45) is 5.41 Å². The Bertz CT molecular complexity index is 1110. The van der Waals surface area contributed by atoms with Gasteiger partial charge in [0.05, 0.1) is 39.9 Å². The summed E-state index contributed by atoms with van der Waals surface area (Å²) in [5.74, 6) is -2.15. The molecule has 2 aromatic carbocycles. The maximum atomic E-state index is 13.4. The van der Waals surface area contributed by atoms with Crippen LogP contribution in [0.5, 0.6) is 17.2 Å². The molecule has 0 radical (unpaired) electrons. The number of methoxy groups -OCH3 is 3. The summed E-state index contributed by atoms with van der Waals surface area (Å²) >= 11 is 0. The van der Waals surface area contributed by atoms with Gasteiger partial charge in [-0.15, -0.1) is 0 Å². The molecule has 0 fully saturated rings. The van der Waals surface area contributed by atoms with E-state index in [1.165, 1.54) is 28.3 Å². The summed E-state index contributed by atoms with van der Waals surface area (Å²) in [6.45, 7) is 4.40. The molecule has 0 N–H and O–H groups in total. The van der Waals surface area contributed by atoms with Crippen LogP contribution in [0.4, 0.5) is 0 Å². The molecule has 0 bridgehead atoms. The average molecular weight is 489 g/mol. The van der Waals surface area contributed by atoms with Gasteiger partial charge in [0.2, 0.25) is 0 Å². The quantitative estimate of drug-likeness (QED) is 0.237. The predicted octanol–water partition coefficient (Wildman–Crippen LogP) is 3.46. The van der Waals surface area contributed by atoms with Gasteiger partial charge in [-0.05, 0) is 45.7 Å². The van der Waals surface area contributed by atoms with Gasteiger partial charge in [-0.2, -0.15) is 0 Å². The van der Waals surface area contributed by atoms with Crippen LogP contribution >= 0.6 is 0 Å². The Balaban J connectivity index is 2.86. The van der Waals surface area contributed by atoms with E-state index in [1.54, 1.807) is 32.0 Å². The van der Waals surface area contributed by atoms with E-state index in [4.69, 9.17) is 23.7 Å². The number of hydrogen-bond acceptors (Lipinski definition) is 9. The van der Waals surface area contributed by atoms with Gasteiger partial charge in [-0.1, -0.05) is 12.1 Å². The maximum absolute atomic E-state index is 13.4. The van der Waals surface area contributed by atoms with Crippen LogP contribution < -0.4 is 14.2 Å². The summed E-state index contributed by atoms with van der Waals surface area (Å²) in [5, 5.41) is 1.26. The first-order chi connectivity index (χ1) is 16.7. The van der Waals surface area contributed by atoms with E-state index in [-0.39, 0.29) is 38.3 Å². The summed E-state index contributed by atoms with van der Waals surface area (Å²) in [5.41, 5.74) is -1.61. The molecule has 1 unspecified atom stereocenters. The maximum Gasteiger partial charge on any atom is 0.375 e. The zero-order valence-corrected chi connectivity index (χ0v) is 21.0. The number of rotatable bonds is 13. The highest BCUT2D eigenvalue weighted by Gasteiger charge is 2.51. The highest BCUT2D eigenvalue weighted by Crippen LogP contribution is 2.45. The molecule has 0 amide bonds. The molecule has 0 aliphatic carbocycles. The third-order valence-electron chi connectivity index (χ3n) is 5.72. The lowest BCUT2D eigenvalue weighted by Crippen LogP contribution is -2.47. The van der Waals surface area contributed by atoms with E-state index in [2.05, 4.69) is 0 Å². The van der Waals surface area contributed by atoms with Crippen LogP contribution in [-0.2, 0) is 35.1 Å². The van der Waals surface area contributed by atoms with Crippen LogP contribution in [0.3, 0.4) is 0 Å². The Morgan fingerprint density at radius 1 is 0.886 bits per heavy atom. The summed E-state index contributed by atoms with van der Waals surface area (Å²) in [4.78, 5) is 51.2. The molecule has 0 saturated carbocycles. The Morgan fingerprint density at radius 3 is 2.09 bits per heavy atom. The van der Waals surface area contributed by atoms with Crippen LogP contribution in [0.2, 0.25) is 0 Å². The molecule has 190 valence electrons. The first kappa shape index (κ1) is 27.6.